The van der Waals surface area contributed by atoms with Gasteiger partial charge in [0.2, 0.25) is 0 Å². The monoisotopic (exact) mass is 487 g/mol. The molecule has 2 aliphatic rings. The van der Waals surface area contributed by atoms with Crippen LogP contribution < -0.4 is 10.4 Å². The van der Waals surface area contributed by atoms with Crippen LogP contribution in [0.5, 0.6) is 0 Å². The van der Waals surface area contributed by atoms with Crippen LogP contribution in [0.4, 0.5) is 19.3 Å². The number of nitrogens with one attached hydrogen (secondary N) is 1. The van der Waals surface area contributed by atoms with Crippen molar-refractivity contribution in [2.24, 2.45) is 0 Å². The third-order valence-electron chi connectivity index (χ3n) is 4.99. The number of benzene rings is 1. The number of carbonyl (C=O) groups is 1. The van der Waals surface area contributed by atoms with Crippen LogP contribution in [-0.2, 0) is 9.57 Å². The zero-order chi connectivity index (χ0) is 21.9. The fraction of sp³-hybridized carbons (Fsp3) is 0.571. The van der Waals surface area contributed by atoms with E-state index in [-0.39, 0.29) is 22.4 Å². The van der Waals surface area contributed by atoms with Gasteiger partial charge in [0.15, 0.2) is 0 Å². The van der Waals surface area contributed by atoms with E-state index in [0.29, 0.717) is 32.6 Å². The highest BCUT2D eigenvalue weighted by Crippen LogP contribution is 2.28. The van der Waals surface area contributed by atoms with Crippen LogP contribution in [0.15, 0.2) is 28.4 Å². The molecule has 0 radical (unpaired) electrons. The van der Waals surface area contributed by atoms with Crippen molar-refractivity contribution in [3.63, 3.8) is 0 Å². The first-order chi connectivity index (χ1) is 14.1. The second-order valence-corrected chi connectivity index (χ2v) is 9.38. The molecule has 0 bridgehead atoms. The lowest BCUT2D eigenvalue weighted by Gasteiger charge is -2.34. The fourth-order valence-corrected chi connectivity index (χ4v) is 3.69. The number of carbonyl (C=O) groups excluding carboxylic acids is 1. The molecule has 1 aromatic carbocycles. The van der Waals surface area contributed by atoms with E-state index in [4.69, 9.17) is 9.57 Å². The fourth-order valence-electron chi connectivity index (χ4n) is 3.38. The van der Waals surface area contributed by atoms with Gasteiger partial charge in [-0.15, -0.1) is 0 Å². The molecular formula is C21H28BrF2N3O3. The first-order valence-electron chi connectivity index (χ1n) is 10.1. The Hall–Kier alpha value is -1.87. The minimum atomic E-state index is -0.502. The average Bonchev–Trinajstić information content (AvgIpc) is 2.69. The minimum Gasteiger partial charge on any atom is -0.444 e. The van der Waals surface area contributed by atoms with Crippen LogP contribution in [0.1, 0.15) is 40.0 Å². The highest BCUT2D eigenvalue weighted by Gasteiger charge is 2.27. The first kappa shape index (κ1) is 22.8. The van der Waals surface area contributed by atoms with Gasteiger partial charge in [-0.1, -0.05) is 0 Å². The van der Waals surface area contributed by atoms with Gasteiger partial charge in [0.05, 0.1) is 16.3 Å². The third-order valence-corrected chi connectivity index (χ3v) is 5.60. The number of amides is 1. The molecule has 0 atom stereocenters. The number of rotatable bonds is 4. The molecule has 3 rings (SSSR count). The van der Waals surface area contributed by atoms with E-state index in [2.05, 4.69) is 21.4 Å². The summed E-state index contributed by atoms with van der Waals surface area (Å²) in [6.07, 6.45) is 3.69. The topological polar surface area (TPSA) is 54.0 Å². The summed E-state index contributed by atoms with van der Waals surface area (Å²) in [6, 6.07) is 2.36. The number of nitrogens with zero attached hydrogens (tertiary/aromatic N) is 2. The summed E-state index contributed by atoms with van der Waals surface area (Å²) in [5, 5.41) is 0. The maximum absolute atomic E-state index is 14.1. The van der Waals surface area contributed by atoms with Crippen LogP contribution in [0.2, 0.25) is 0 Å². The van der Waals surface area contributed by atoms with Crippen molar-refractivity contribution in [2.75, 3.05) is 31.1 Å². The molecule has 0 aliphatic carbocycles. The second-order valence-electron chi connectivity index (χ2n) is 8.53. The Kier molecular flexibility index (Phi) is 7.23. The Morgan fingerprint density at radius 2 is 1.87 bits per heavy atom. The number of hydroxylamine groups is 1. The normalized spacial score (nSPS) is 18.3. The molecule has 30 heavy (non-hydrogen) atoms. The van der Waals surface area contributed by atoms with Crippen LogP contribution in [0.25, 0.3) is 0 Å². The predicted molar refractivity (Wildman–Crippen MR) is 114 cm³/mol. The molecule has 0 spiro atoms. The molecular weight excluding hydrogens is 460 g/mol. The van der Waals surface area contributed by atoms with Gasteiger partial charge in [0.1, 0.15) is 17.2 Å². The standard InChI is InChI=1S/C21H28BrF2N3O3/c1-21(2,3)29-20(28)27-10-6-15(7-11-27)30-25-14-4-8-26(9-5-14)19-13-17(23)16(22)12-18(19)24/h4,12-13,15,25H,5-11H2,1-3H3. The quantitative estimate of drug-likeness (QED) is 0.490. The van der Waals surface area contributed by atoms with Crippen molar-refractivity contribution in [3.8, 4) is 0 Å². The minimum absolute atomic E-state index is 0.000584. The summed E-state index contributed by atoms with van der Waals surface area (Å²) >= 11 is 3.00. The lowest BCUT2D eigenvalue weighted by Crippen LogP contribution is -2.44. The number of anilines is 1. The van der Waals surface area contributed by atoms with Gasteiger partial charge in [-0.25, -0.2) is 13.6 Å². The van der Waals surface area contributed by atoms with E-state index in [0.717, 1.165) is 24.6 Å². The van der Waals surface area contributed by atoms with E-state index in [1.165, 1.54) is 6.07 Å². The molecule has 1 N–H and O–H groups in total. The Balaban J connectivity index is 1.44. The number of hydrogen-bond donors (Lipinski definition) is 1. The molecule has 0 unspecified atom stereocenters. The van der Waals surface area contributed by atoms with E-state index in [9.17, 15) is 13.6 Å². The third kappa shape index (κ3) is 6.07. The van der Waals surface area contributed by atoms with Crippen LogP contribution in [0.3, 0.4) is 0 Å². The number of halogens is 3. The van der Waals surface area contributed by atoms with Crippen LogP contribution in [0, 0.1) is 11.6 Å². The Morgan fingerprint density at radius 3 is 2.47 bits per heavy atom. The van der Waals surface area contributed by atoms with E-state index >= 15 is 0 Å². The molecule has 6 nitrogen and oxygen atoms in total. The maximum Gasteiger partial charge on any atom is 0.410 e. The zero-order valence-electron chi connectivity index (χ0n) is 17.5. The molecule has 1 saturated heterocycles. The molecule has 2 aliphatic heterocycles. The van der Waals surface area contributed by atoms with Gasteiger partial charge in [-0.2, -0.15) is 0 Å². The number of ether oxygens (including phenoxy) is 1. The lowest BCUT2D eigenvalue weighted by molar-refractivity contribution is -0.0457. The average molecular weight is 488 g/mol. The molecule has 1 fully saturated rings. The van der Waals surface area contributed by atoms with Crippen molar-refractivity contribution in [2.45, 2.75) is 51.7 Å². The Labute approximate surface area is 184 Å². The number of hydrogen-bond acceptors (Lipinski definition) is 5. The van der Waals surface area contributed by atoms with E-state index in [1.807, 2.05) is 26.8 Å². The SMILES string of the molecule is CC(C)(C)OC(=O)N1CCC(ONC2=CCN(c3cc(F)c(Br)cc3F)CC2)CC1. The van der Waals surface area contributed by atoms with Gasteiger partial charge in [-0.3, -0.25) is 10.3 Å². The van der Waals surface area contributed by atoms with Crippen molar-refractivity contribution in [1.29, 1.82) is 0 Å². The summed E-state index contributed by atoms with van der Waals surface area (Å²) in [7, 11) is 0. The van der Waals surface area contributed by atoms with Gasteiger partial charge < -0.3 is 14.5 Å². The van der Waals surface area contributed by atoms with Gasteiger partial charge in [-0.05, 0) is 61.7 Å². The second kappa shape index (κ2) is 9.51. The van der Waals surface area contributed by atoms with Crippen molar-refractivity contribution < 1.29 is 23.1 Å². The molecule has 0 aromatic heterocycles. The highest BCUT2D eigenvalue weighted by molar-refractivity contribution is 9.10. The summed E-state index contributed by atoms with van der Waals surface area (Å²) in [4.78, 5) is 21.4. The van der Waals surface area contributed by atoms with E-state index < -0.39 is 17.2 Å². The summed E-state index contributed by atoms with van der Waals surface area (Å²) < 4.78 is 33.4. The molecule has 1 amide bonds. The molecule has 166 valence electrons. The molecule has 2 heterocycles. The lowest BCUT2D eigenvalue weighted by atomic mass is 10.1. The van der Waals surface area contributed by atoms with Crippen LogP contribution >= 0.6 is 15.9 Å². The van der Waals surface area contributed by atoms with Gasteiger partial charge in [0, 0.05) is 44.4 Å². The smallest absolute Gasteiger partial charge is 0.410 e. The molecule has 9 heteroatoms. The zero-order valence-corrected chi connectivity index (χ0v) is 19.1. The Bertz CT molecular complexity index is 805. The van der Waals surface area contributed by atoms with E-state index in [1.54, 1.807) is 9.80 Å². The molecule has 1 aromatic rings. The summed E-state index contributed by atoms with van der Waals surface area (Å²) in [5.74, 6) is -0.943. The largest absolute Gasteiger partial charge is 0.444 e. The maximum atomic E-state index is 14.1. The summed E-state index contributed by atoms with van der Waals surface area (Å²) in [5.41, 5.74) is 3.67. The van der Waals surface area contributed by atoms with Crippen LogP contribution in [-0.4, -0.2) is 48.9 Å². The Morgan fingerprint density at radius 1 is 1.17 bits per heavy atom. The van der Waals surface area contributed by atoms with Crippen molar-refractivity contribution in [1.82, 2.24) is 10.4 Å². The van der Waals surface area contributed by atoms with Crippen molar-refractivity contribution >= 4 is 27.7 Å². The number of likely N-dealkylation sites (tertiary alicyclic amines) is 1. The summed E-state index contributed by atoms with van der Waals surface area (Å²) in [6.45, 7) is 7.74. The number of piperidine rings is 1. The molecule has 0 saturated carbocycles. The van der Waals surface area contributed by atoms with Gasteiger partial charge >= 0.3 is 6.09 Å². The van der Waals surface area contributed by atoms with Gasteiger partial charge in [0.25, 0.3) is 0 Å². The van der Waals surface area contributed by atoms with Crippen molar-refractivity contribution in [3.05, 3.63) is 40.0 Å². The highest BCUT2D eigenvalue weighted by atomic mass is 79.9. The first-order valence-corrected chi connectivity index (χ1v) is 10.9. The predicted octanol–water partition coefficient (Wildman–Crippen LogP) is 4.74.